The van der Waals surface area contributed by atoms with Gasteiger partial charge >= 0.3 is 5.97 Å². The predicted molar refractivity (Wildman–Crippen MR) is 85.8 cm³/mol. The zero-order valence-electron chi connectivity index (χ0n) is 11.1. The van der Waals surface area contributed by atoms with Crippen LogP contribution < -0.4 is 10.1 Å². The number of hydrogen-bond acceptors (Lipinski definition) is 3. The van der Waals surface area contributed by atoms with E-state index in [1.807, 2.05) is 12.1 Å². The Balaban J connectivity index is 1.82. The van der Waals surface area contributed by atoms with E-state index in [1.165, 1.54) is 0 Å². The number of carbonyl (C=O) groups excluding carboxylic acids is 1. The Morgan fingerprint density at radius 3 is 2.71 bits per heavy atom. The lowest BCUT2D eigenvalue weighted by molar-refractivity contribution is -0.140. The molecule has 2 N–H and O–H groups in total. The molecule has 1 aromatic carbocycles. The van der Waals surface area contributed by atoms with E-state index in [9.17, 15) is 9.59 Å². The van der Waals surface area contributed by atoms with Gasteiger partial charge in [-0.3, -0.25) is 9.59 Å². The van der Waals surface area contributed by atoms with Crippen LogP contribution in [0.2, 0.25) is 0 Å². The molecule has 0 aliphatic heterocycles. The highest BCUT2D eigenvalue weighted by atomic mass is 127. The molecule has 1 aliphatic rings. The smallest absolute Gasteiger partial charge is 0.310 e. The highest BCUT2D eigenvalue weighted by Gasteiger charge is 2.19. The summed E-state index contributed by atoms with van der Waals surface area (Å²) in [5.74, 6) is -1.19. The fourth-order valence-corrected chi connectivity index (χ4v) is 2.20. The van der Waals surface area contributed by atoms with Crippen LogP contribution in [0.4, 0.5) is 0 Å². The molecular formula is C15H14INO4. The first-order valence-electron chi connectivity index (χ1n) is 6.33. The van der Waals surface area contributed by atoms with Crippen LogP contribution >= 0.6 is 22.6 Å². The molecule has 1 unspecified atom stereocenters. The van der Waals surface area contributed by atoms with Crippen LogP contribution in [0.3, 0.4) is 0 Å². The first kappa shape index (κ1) is 15.6. The molecule has 1 atom stereocenters. The maximum Gasteiger partial charge on any atom is 0.310 e. The minimum absolute atomic E-state index is 0.112. The molecule has 0 saturated heterocycles. The molecule has 5 nitrogen and oxygen atoms in total. The molecule has 0 radical (unpaired) electrons. The van der Waals surface area contributed by atoms with Crippen molar-refractivity contribution in [3.8, 4) is 5.75 Å². The first-order chi connectivity index (χ1) is 10.0. The number of carboxylic acid groups (broad SMARTS) is 1. The van der Waals surface area contributed by atoms with Gasteiger partial charge in [-0.15, -0.1) is 0 Å². The number of hydrogen-bond donors (Lipinski definition) is 2. The summed E-state index contributed by atoms with van der Waals surface area (Å²) in [4.78, 5) is 22.7. The van der Waals surface area contributed by atoms with Gasteiger partial charge < -0.3 is 15.2 Å². The zero-order chi connectivity index (χ0) is 15.2. The van der Waals surface area contributed by atoms with Crippen molar-refractivity contribution in [1.29, 1.82) is 0 Å². The summed E-state index contributed by atoms with van der Waals surface area (Å²) in [5, 5.41) is 11.6. The third kappa shape index (κ3) is 4.89. The van der Waals surface area contributed by atoms with Gasteiger partial charge in [0, 0.05) is 15.7 Å². The summed E-state index contributed by atoms with van der Waals surface area (Å²) in [6.07, 6.45) is 5.21. The Morgan fingerprint density at radius 1 is 1.33 bits per heavy atom. The van der Waals surface area contributed by atoms with Crippen LogP contribution in [0.25, 0.3) is 0 Å². The second-order valence-corrected chi connectivity index (χ2v) is 5.76. The van der Waals surface area contributed by atoms with Gasteiger partial charge in [-0.2, -0.15) is 0 Å². The van der Waals surface area contributed by atoms with Crippen molar-refractivity contribution in [3.05, 3.63) is 51.8 Å². The van der Waals surface area contributed by atoms with E-state index >= 15 is 0 Å². The molecule has 110 valence electrons. The SMILES string of the molecule is O=C(COc1ccc(I)cc1)NC1=CC=CC(C(=O)O)C1. The van der Waals surface area contributed by atoms with E-state index < -0.39 is 11.9 Å². The van der Waals surface area contributed by atoms with Gasteiger partial charge in [0.25, 0.3) is 5.91 Å². The van der Waals surface area contributed by atoms with E-state index in [1.54, 1.807) is 30.4 Å². The molecule has 0 bridgehead atoms. The van der Waals surface area contributed by atoms with Crippen LogP contribution in [-0.4, -0.2) is 23.6 Å². The molecule has 0 saturated carbocycles. The number of carbonyl (C=O) groups is 2. The van der Waals surface area contributed by atoms with Gasteiger partial charge in [0.1, 0.15) is 5.75 Å². The van der Waals surface area contributed by atoms with Crippen LogP contribution in [0.5, 0.6) is 5.75 Å². The number of nitrogens with one attached hydrogen (secondary N) is 1. The Hall–Kier alpha value is -1.83. The number of allylic oxidation sites excluding steroid dienone is 3. The Labute approximate surface area is 135 Å². The minimum atomic E-state index is -0.902. The highest BCUT2D eigenvalue weighted by Crippen LogP contribution is 2.17. The van der Waals surface area contributed by atoms with E-state index in [0.29, 0.717) is 11.4 Å². The largest absolute Gasteiger partial charge is 0.484 e. The summed E-state index contributed by atoms with van der Waals surface area (Å²) in [7, 11) is 0. The van der Waals surface area contributed by atoms with Crippen molar-refractivity contribution >= 4 is 34.5 Å². The number of ether oxygens (including phenoxy) is 1. The van der Waals surface area contributed by atoms with E-state index in [0.717, 1.165) is 3.57 Å². The lowest BCUT2D eigenvalue weighted by atomic mass is 9.98. The number of halogens is 1. The third-order valence-corrected chi connectivity index (χ3v) is 3.60. The fourth-order valence-electron chi connectivity index (χ4n) is 1.84. The van der Waals surface area contributed by atoms with Gasteiger partial charge in [-0.1, -0.05) is 12.2 Å². The predicted octanol–water partition coefficient (Wildman–Crippen LogP) is 2.33. The van der Waals surface area contributed by atoms with Crippen LogP contribution in [0, 0.1) is 9.49 Å². The molecular weight excluding hydrogens is 385 g/mol. The van der Waals surface area contributed by atoms with Crippen molar-refractivity contribution in [3.63, 3.8) is 0 Å². The normalized spacial score (nSPS) is 17.0. The van der Waals surface area contributed by atoms with Gasteiger partial charge in [0.05, 0.1) is 5.92 Å². The van der Waals surface area contributed by atoms with Crippen LogP contribution in [0.15, 0.2) is 48.2 Å². The fraction of sp³-hybridized carbons (Fsp3) is 0.200. The molecule has 6 heteroatoms. The summed E-state index contributed by atoms with van der Waals surface area (Å²) in [6.45, 7) is -0.112. The lowest BCUT2D eigenvalue weighted by Crippen LogP contribution is -2.30. The average molecular weight is 399 g/mol. The summed E-state index contributed by atoms with van der Waals surface area (Å²) in [6, 6.07) is 7.36. The van der Waals surface area contributed by atoms with Crippen molar-refractivity contribution in [2.75, 3.05) is 6.61 Å². The molecule has 1 aromatic rings. The van der Waals surface area contributed by atoms with Crippen LogP contribution in [-0.2, 0) is 9.59 Å². The molecule has 1 amide bonds. The van der Waals surface area contributed by atoms with Gasteiger partial charge in [0.15, 0.2) is 6.61 Å². The van der Waals surface area contributed by atoms with Gasteiger partial charge in [-0.25, -0.2) is 0 Å². The standard InChI is InChI=1S/C15H14INO4/c16-11-4-6-13(7-5-11)21-9-14(18)17-12-3-1-2-10(8-12)15(19)20/h1-7,10H,8-9H2,(H,17,18)(H,19,20). The summed E-state index contributed by atoms with van der Waals surface area (Å²) >= 11 is 2.19. The molecule has 21 heavy (non-hydrogen) atoms. The maximum atomic E-state index is 11.8. The molecule has 0 heterocycles. The van der Waals surface area contributed by atoms with Crippen molar-refractivity contribution in [2.24, 2.45) is 5.92 Å². The monoisotopic (exact) mass is 399 g/mol. The van der Waals surface area contributed by atoms with E-state index in [4.69, 9.17) is 9.84 Å². The summed E-state index contributed by atoms with van der Waals surface area (Å²) < 4.78 is 6.45. The Morgan fingerprint density at radius 2 is 2.05 bits per heavy atom. The second kappa shape index (κ2) is 7.26. The topological polar surface area (TPSA) is 75.6 Å². The van der Waals surface area contributed by atoms with E-state index in [-0.39, 0.29) is 18.9 Å². The molecule has 0 aromatic heterocycles. The average Bonchev–Trinajstić information content (AvgIpc) is 2.47. The minimum Gasteiger partial charge on any atom is -0.484 e. The molecule has 0 fully saturated rings. The highest BCUT2D eigenvalue weighted by molar-refractivity contribution is 14.1. The quantitative estimate of drug-likeness (QED) is 0.746. The number of amides is 1. The van der Waals surface area contributed by atoms with Crippen molar-refractivity contribution < 1.29 is 19.4 Å². The Bertz CT molecular complexity index is 592. The zero-order valence-corrected chi connectivity index (χ0v) is 13.2. The lowest BCUT2D eigenvalue weighted by Gasteiger charge is -2.16. The number of rotatable bonds is 5. The first-order valence-corrected chi connectivity index (χ1v) is 7.41. The van der Waals surface area contributed by atoms with Crippen molar-refractivity contribution in [2.45, 2.75) is 6.42 Å². The van der Waals surface area contributed by atoms with E-state index in [2.05, 4.69) is 27.9 Å². The Kier molecular flexibility index (Phi) is 5.38. The molecule has 0 spiro atoms. The third-order valence-electron chi connectivity index (χ3n) is 2.88. The van der Waals surface area contributed by atoms with Crippen LogP contribution in [0.1, 0.15) is 6.42 Å². The molecule has 2 rings (SSSR count). The number of carboxylic acids is 1. The second-order valence-electron chi connectivity index (χ2n) is 4.52. The maximum absolute atomic E-state index is 11.8. The summed E-state index contributed by atoms with van der Waals surface area (Å²) in [5.41, 5.74) is 0.584. The van der Waals surface area contributed by atoms with Gasteiger partial charge in [-0.05, 0) is 52.9 Å². The van der Waals surface area contributed by atoms with Gasteiger partial charge in [0.2, 0.25) is 0 Å². The number of aliphatic carboxylic acids is 1. The molecule has 1 aliphatic carbocycles. The number of benzene rings is 1. The van der Waals surface area contributed by atoms with Crippen molar-refractivity contribution in [1.82, 2.24) is 5.32 Å².